The van der Waals surface area contributed by atoms with E-state index in [2.05, 4.69) is 18.5 Å². The first-order valence-electron chi connectivity index (χ1n) is 8.84. The predicted octanol–water partition coefficient (Wildman–Crippen LogP) is 3.87. The summed E-state index contributed by atoms with van der Waals surface area (Å²) >= 11 is 0. The summed E-state index contributed by atoms with van der Waals surface area (Å²) in [7, 11) is 0. The van der Waals surface area contributed by atoms with Gasteiger partial charge in [0.1, 0.15) is 5.69 Å². The zero-order chi connectivity index (χ0) is 17.7. The molecule has 0 saturated heterocycles. The molecule has 0 aliphatic heterocycles. The summed E-state index contributed by atoms with van der Waals surface area (Å²) < 4.78 is 0. The van der Waals surface area contributed by atoms with Crippen molar-refractivity contribution in [3.8, 4) is 0 Å². The van der Waals surface area contributed by atoms with E-state index in [1.807, 2.05) is 30.9 Å². The van der Waals surface area contributed by atoms with Gasteiger partial charge in [-0.3, -0.25) is 9.59 Å². The van der Waals surface area contributed by atoms with Gasteiger partial charge in [-0.15, -0.1) is 0 Å². The van der Waals surface area contributed by atoms with E-state index in [4.69, 9.17) is 0 Å². The number of nitrogens with zero attached hydrogens (tertiary/aromatic N) is 2. The third-order valence-electron chi connectivity index (χ3n) is 4.26. The van der Waals surface area contributed by atoms with Crippen LogP contribution in [0.4, 0.5) is 0 Å². The molecule has 0 atom stereocenters. The smallest absolute Gasteiger partial charge is 0.225 e. The molecule has 1 aromatic rings. The molecular weight excluding hydrogens is 300 g/mol. The molecule has 4 heteroatoms. The molecule has 1 aliphatic carbocycles. The summed E-state index contributed by atoms with van der Waals surface area (Å²) in [6.07, 6.45) is 3.98. The van der Waals surface area contributed by atoms with E-state index in [1.165, 1.54) is 0 Å². The summed E-state index contributed by atoms with van der Waals surface area (Å²) in [4.78, 5) is 30.9. The first-order valence-corrected chi connectivity index (χ1v) is 8.84. The molecule has 2 rings (SSSR count). The molecule has 0 unspecified atom stereocenters. The monoisotopic (exact) mass is 328 g/mol. The maximum Gasteiger partial charge on any atom is 0.225 e. The van der Waals surface area contributed by atoms with Crippen LogP contribution in [-0.2, 0) is 4.79 Å². The van der Waals surface area contributed by atoms with Gasteiger partial charge in [-0.25, -0.2) is 4.98 Å². The van der Waals surface area contributed by atoms with Gasteiger partial charge < -0.3 is 4.90 Å². The van der Waals surface area contributed by atoms with E-state index >= 15 is 0 Å². The normalized spacial score (nSPS) is 13.6. The van der Waals surface area contributed by atoms with Gasteiger partial charge in [0.2, 0.25) is 5.91 Å². The van der Waals surface area contributed by atoms with Crippen molar-refractivity contribution in [2.24, 2.45) is 5.92 Å². The molecule has 1 saturated carbocycles. The van der Waals surface area contributed by atoms with Crippen LogP contribution in [0, 0.1) is 19.8 Å². The van der Waals surface area contributed by atoms with Gasteiger partial charge >= 0.3 is 0 Å². The Labute approximate surface area is 145 Å². The maximum atomic E-state index is 12.4. The number of ketones is 1. The molecule has 0 bridgehead atoms. The van der Waals surface area contributed by atoms with Crippen LogP contribution < -0.4 is 0 Å². The van der Waals surface area contributed by atoms with Gasteiger partial charge in [0.05, 0.1) is 0 Å². The molecule has 4 nitrogen and oxygen atoms in total. The first kappa shape index (κ1) is 18.4. The highest BCUT2D eigenvalue weighted by Crippen LogP contribution is 2.31. The quantitative estimate of drug-likeness (QED) is 0.511. The number of amides is 1. The lowest BCUT2D eigenvalue weighted by atomic mass is 10.0. The zero-order valence-corrected chi connectivity index (χ0v) is 15.1. The summed E-state index contributed by atoms with van der Waals surface area (Å²) in [6, 6.07) is 3.78. The van der Waals surface area contributed by atoms with Crippen molar-refractivity contribution in [3.63, 3.8) is 0 Å². The lowest BCUT2D eigenvalue weighted by Crippen LogP contribution is -2.34. The second kappa shape index (κ2) is 8.22. The highest BCUT2D eigenvalue weighted by molar-refractivity contribution is 5.95. The van der Waals surface area contributed by atoms with E-state index in [0.717, 1.165) is 42.6 Å². The average molecular weight is 328 g/mol. The van der Waals surface area contributed by atoms with Gasteiger partial charge in [0.25, 0.3) is 0 Å². The van der Waals surface area contributed by atoms with E-state index in [9.17, 15) is 9.59 Å². The lowest BCUT2D eigenvalue weighted by Gasteiger charge is -2.22. The molecular formula is C20H28N2O2. The summed E-state index contributed by atoms with van der Waals surface area (Å²) in [5.41, 5.74) is 3.27. The Bertz CT molecular complexity index is 612. The Kier molecular flexibility index (Phi) is 6.29. The molecule has 0 aromatic carbocycles. The molecule has 0 N–H and O–H groups in total. The number of carbonyl (C=O) groups excluding carboxylic acids is 2. The van der Waals surface area contributed by atoms with Crippen LogP contribution in [0.5, 0.6) is 0 Å². The summed E-state index contributed by atoms with van der Waals surface area (Å²) in [6.45, 7) is 11.4. The average Bonchev–Trinajstić information content (AvgIpc) is 3.34. The number of aryl methyl sites for hydroxylation is 2. The van der Waals surface area contributed by atoms with Crippen molar-refractivity contribution in [2.75, 3.05) is 13.1 Å². The van der Waals surface area contributed by atoms with Crippen molar-refractivity contribution in [1.29, 1.82) is 0 Å². The molecule has 130 valence electrons. The predicted molar refractivity (Wildman–Crippen MR) is 96.0 cm³/mol. The van der Waals surface area contributed by atoms with E-state index in [0.29, 0.717) is 25.1 Å². The Morgan fingerprint density at radius 2 is 1.96 bits per heavy atom. The number of rotatable bonds is 9. The van der Waals surface area contributed by atoms with Crippen LogP contribution in [-0.4, -0.2) is 34.7 Å². The molecule has 0 spiro atoms. The fraction of sp³-hybridized carbons (Fsp3) is 0.550. The zero-order valence-electron chi connectivity index (χ0n) is 15.1. The number of carbonyl (C=O) groups is 2. The first-order chi connectivity index (χ1) is 11.4. The highest BCUT2D eigenvalue weighted by Gasteiger charge is 2.32. The number of aromatic nitrogens is 1. The van der Waals surface area contributed by atoms with Crippen LogP contribution in [0.1, 0.15) is 60.8 Å². The minimum Gasteiger partial charge on any atom is -0.342 e. The van der Waals surface area contributed by atoms with Crippen LogP contribution in [0.25, 0.3) is 0 Å². The Balaban J connectivity index is 1.87. The SMILES string of the molecule is C=C(CCN(CCC)C(=O)C1CC1)CC(=O)c1cc(C)cc(C)n1. The molecule has 24 heavy (non-hydrogen) atoms. The van der Waals surface area contributed by atoms with Crippen LogP contribution in [0.15, 0.2) is 24.3 Å². The van der Waals surface area contributed by atoms with Crippen molar-refractivity contribution >= 4 is 11.7 Å². The van der Waals surface area contributed by atoms with Gasteiger partial charge in [0, 0.05) is 31.1 Å². The second-order valence-electron chi connectivity index (χ2n) is 6.87. The van der Waals surface area contributed by atoms with Crippen LogP contribution in [0.2, 0.25) is 0 Å². The Hall–Kier alpha value is -1.97. The summed E-state index contributed by atoms with van der Waals surface area (Å²) in [5.74, 6) is 0.514. The second-order valence-corrected chi connectivity index (χ2v) is 6.87. The van der Waals surface area contributed by atoms with Crippen LogP contribution in [0.3, 0.4) is 0 Å². The van der Waals surface area contributed by atoms with Crippen molar-refractivity contribution < 1.29 is 9.59 Å². The molecule has 1 amide bonds. The number of pyridine rings is 1. The number of hydrogen-bond donors (Lipinski definition) is 0. The third-order valence-corrected chi connectivity index (χ3v) is 4.26. The standard InChI is InChI=1S/C20H28N2O2/c1-5-9-22(20(24)17-6-7-17)10-8-14(2)13-19(23)18-12-15(3)11-16(4)21-18/h11-12,17H,2,5-10,13H2,1,3-4H3. The molecule has 1 aliphatic rings. The van der Waals surface area contributed by atoms with Crippen molar-refractivity contribution in [1.82, 2.24) is 9.88 Å². The van der Waals surface area contributed by atoms with Gasteiger partial charge in [-0.1, -0.05) is 19.1 Å². The van der Waals surface area contributed by atoms with Gasteiger partial charge in [-0.05, 0) is 57.2 Å². The van der Waals surface area contributed by atoms with Crippen LogP contribution >= 0.6 is 0 Å². The van der Waals surface area contributed by atoms with Crippen molar-refractivity contribution in [3.05, 3.63) is 41.2 Å². The minimum atomic E-state index is 0.00219. The molecule has 1 fully saturated rings. The Morgan fingerprint density at radius 1 is 1.25 bits per heavy atom. The fourth-order valence-corrected chi connectivity index (χ4v) is 2.87. The topological polar surface area (TPSA) is 50.3 Å². The van der Waals surface area contributed by atoms with Gasteiger partial charge in [0.15, 0.2) is 5.78 Å². The maximum absolute atomic E-state index is 12.4. The summed E-state index contributed by atoms with van der Waals surface area (Å²) in [5, 5.41) is 0. The number of Topliss-reactive ketones (excluding diaryl/α,β-unsaturated/α-hetero) is 1. The largest absolute Gasteiger partial charge is 0.342 e. The van der Waals surface area contributed by atoms with E-state index < -0.39 is 0 Å². The van der Waals surface area contributed by atoms with E-state index in [-0.39, 0.29) is 17.6 Å². The van der Waals surface area contributed by atoms with Crippen molar-refractivity contribution in [2.45, 2.75) is 52.9 Å². The fourth-order valence-electron chi connectivity index (χ4n) is 2.87. The number of hydrogen-bond acceptors (Lipinski definition) is 3. The molecule has 1 heterocycles. The molecule has 0 radical (unpaired) electrons. The minimum absolute atomic E-state index is 0.00219. The van der Waals surface area contributed by atoms with E-state index in [1.54, 1.807) is 0 Å². The lowest BCUT2D eigenvalue weighted by molar-refractivity contribution is -0.132. The Morgan fingerprint density at radius 3 is 2.54 bits per heavy atom. The third kappa shape index (κ3) is 5.29. The highest BCUT2D eigenvalue weighted by atomic mass is 16.2. The van der Waals surface area contributed by atoms with Gasteiger partial charge in [-0.2, -0.15) is 0 Å². The molecule has 1 aromatic heterocycles.